The van der Waals surface area contributed by atoms with Gasteiger partial charge in [-0.1, -0.05) is 6.07 Å². The van der Waals surface area contributed by atoms with Crippen molar-refractivity contribution < 1.29 is 18.7 Å². The lowest BCUT2D eigenvalue weighted by atomic mass is 10.1. The number of halogens is 1. The molecule has 1 atom stereocenters. The number of ether oxygens (including phenoxy) is 1. The standard InChI is InChI=1S/C21H27FN6O3/c1-13(15-7-8-16(22)17(10-15)31-12-14-5-6-14)23-9-3-2-4-18-24-20(27-26-18)28-11-19(29)25-21(28)30/h7-8,10,13-14,23H,2-6,9,11-12H2,1H3,(H,24,26,27)(H,25,29,30)/t13-/m1/s1. The quantitative estimate of drug-likeness (QED) is 0.373. The highest BCUT2D eigenvalue weighted by Crippen LogP contribution is 2.31. The third kappa shape index (κ3) is 5.57. The first-order chi connectivity index (χ1) is 15.0. The highest BCUT2D eigenvalue weighted by molar-refractivity contribution is 6.11. The highest BCUT2D eigenvalue weighted by atomic mass is 19.1. The molecular weight excluding hydrogens is 403 g/mol. The second-order valence-electron chi connectivity index (χ2n) is 8.10. The van der Waals surface area contributed by atoms with E-state index < -0.39 is 6.03 Å². The van der Waals surface area contributed by atoms with Gasteiger partial charge in [0.2, 0.25) is 5.91 Å². The zero-order valence-corrected chi connectivity index (χ0v) is 17.5. The van der Waals surface area contributed by atoms with Gasteiger partial charge in [0.15, 0.2) is 11.6 Å². The number of rotatable bonds is 11. The van der Waals surface area contributed by atoms with E-state index in [0.717, 1.165) is 24.9 Å². The summed E-state index contributed by atoms with van der Waals surface area (Å²) < 4.78 is 19.6. The molecule has 9 nitrogen and oxygen atoms in total. The lowest BCUT2D eigenvalue weighted by Gasteiger charge is -2.16. The van der Waals surface area contributed by atoms with Crippen molar-refractivity contribution in [2.45, 2.75) is 45.1 Å². The van der Waals surface area contributed by atoms with Crippen molar-refractivity contribution in [3.63, 3.8) is 0 Å². The average molecular weight is 430 g/mol. The number of aromatic nitrogens is 3. The van der Waals surface area contributed by atoms with E-state index in [1.807, 2.05) is 6.92 Å². The molecule has 4 rings (SSSR count). The van der Waals surface area contributed by atoms with Crippen LogP contribution in [0.1, 0.15) is 50.0 Å². The Morgan fingerprint density at radius 3 is 2.90 bits per heavy atom. The van der Waals surface area contributed by atoms with Crippen molar-refractivity contribution in [2.24, 2.45) is 5.92 Å². The molecule has 1 aromatic carbocycles. The Labute approximate surface area is 179 Å². The van der Waals surface area contributed by atoms with Crippen molar-refractivity contribution in [3.05, 3.63) is 35.4 Å². The van der Waals surface area contributed by atoms with Gasteiger partial charge in [-0.3, -0.25) is 20.1 Å². The summed E-state index contributed by atoms with van der Waals surface area (Å²) in [5.74, 6) is 1.10. The number of unbranched alkanes of at least 4 members (excludes halogenated alkanes) is 1. The summed E-state index contributed by atoms with van der Waals surface area (Å²) in [6.45, 7) is 3.36. The Bertz CT molecular complexity index is 945. The number of urea groups is 1. The van der Waals surface area contributed by atoms with Crippen LogP contribution >= 0.6 is 0 Å². The van der Waals surface area contributed by atoms with Crippen LogP contribution in [0.2, 0.25) is 0 Å². The average Bonchev–Trinajstić information content (AvgIpc) is 3.36. The number of carbonyl (C=O) groups is 2. The number of hydrogen-bond acceptors (Lipinski definition) is 6. The lowest BCUT2D eigenvalue weighted by Crippen LogP contribution is -2.28. The summed E-state index contributed by atoms with van der Waals surface area (Å²) in [7, 11) is 0. The molecule has 1 aliphatic carbocycles. The molecule has 0 unspecified atom stereocenters. The van der Waals surface area contributed by atoms with Gasteiger partial charge in [0, 0.05) is 12.5 Å². The number of nitrogens with one attached hydrogen (secondary N) is 3. The first kappa shape index (κ1) is 21.2. The first-order valence-electron chi connectivity index (χ1n) is 10.7. The van der Waals surface area contributed by atoms with Gasteiger partial charge in [-0.2, -0.15) is 4.98 Å². The molecule has 1 aromatic heterocycles. The SMILES string of the molecule is C[C@@H](NCCCCc1nc(N2CC(=O)NC2=O)n[nH]1)c1ccc(F)c(OCC2CC2)c1. The van der Waals surface area contributed by atoms with Crippen LogP contribution in [0.15, 0.2) is 18.2 Å². The number of nitrogens with zero attached hydrogens (tertiary/aromatic N) is 3. The molecule has 2 aliphatic rings. The molecule has 2 heterocycles. The van der Waals surface area contributed by atoms with Crippen LogP contribution in [0.5, 0.6) is 5.75 Å². The van der Waals surface area contributed by atoms with Crippen LogP contribution < -0.4 is 20.3 Å². The number of aromatic amines is 1. The van der Waals surface area contributed by atoms with Gasteiger partial charge in [-0.15, -0.1) is 5.10 Å². The first-order valence-corrected chi connectivity index (χ1v) is 10.7. The summed E-state index contributed by atoms with van der Waals surface area (Å²) in [4.78, 5) is 28.4. The third-order valence-electron chi connectivity index (χ3n) is 5.47. The van der Waals surface area contributed by atoms with E-state index in [9.17, 15) is 14.0 Å². The van der Waals surface area contributed by atoms with Gasteiger partial charge < -0.3 is 10.1 Å². The van der Waals surface area contributed by atoms with E-state index in [0.29, 0.717) is 30.5 Å². The molecule has 2 fully saturated rings. The second kappa shape index (κ2) is 9.42. The largest absolute Gasteiger partial charge is 0.490 e. The van der Waals surface area contributed by atoms with Crippen LogP contribution in [0.25, 0.3) is 0 Å². The van der Waals surface area contributed by atoms with Crippen molar-refractivity contribution in [3.8, 4) is 5.75 Å². The van der Waals surface area contributed by atoms with Crippen LogP contribution in [0.4, 0.5) is 15.1 Å². The van der Waals surface area contributed by atoms with Gasteiger partial charge in [-0.05, 0) is 62.8 Å². The number of amides is 3. The molecule has 10 heteroatoms. The van der Waals surface area contributed by atoms with Gasteiger partial charge in [0.1, 0.15) is 12.4 Å². The molecule has 1 aliphatic heterocycles. The molecular formula is C21H27FN6O3. The minimum atomic E-state index is -0.504. The van der Waals surface area contributed by atoms with Gasteiger partial charge in [0.25, 0.3) is 5.95 Å². The maximum atomic E-state index is 14.0. The van der Waals surface area contributed by atoms with E-state index in [2.05, 4.69) is 25.8 Å². The monoisotopic (exact) mass is 430 g/mol. The van der Waals surface area contributed by atoms with E-state index in [-0.39, 0.29) is 30.3 Å². The number of anilines is 1. The minimum absolute atomic E-state index is 0.0609. The summed E-state index contributed by atoms with van der Waals surface area (Å²) in [6.07, 6.45) is 4.81. The number of hydrogen-bond donors (Lipinski definition) is 3. The van der Waals surface area contributed by atoms with Crippen LogP contribution in [-0.4, -0.2) is 46.8 Å². The van der Waals surface area contributed by atoms with Crippen LogP contribution in [-0.2, 0) is 11.2 Å². The zero-order chi connectivity index (χ0) is 21.8. The molecule has 0 radical (unpaired) electrons. The molecule has 0 bridgehead atoms. The number of benzene rings is 1. The topological polar surface area (TPSA) is 112 Å². The Balaban J connectivity index is 1.18. The number of aryl methyl sites for hydroxylation is 1. The van der Waals surface area contributed by atoms with Crippen molar-refractivity contribution in [1.82, 2.24) is 25.8 Å². The zero-order valence-electron chi connectivity index (χ0n) is 17.5. The normalized spacial score (nSPS) is 17.2. The van der Waals surface area contributed by atoms with Gasteiger partial charge in [-0.25, -0.2) is 9.18 Å². The summed E-state index contributed by atoms with van der Waals surface area (Å²) >= 11 is 0. The van der Waals surface area contributed by atoms with Gasteiger partial charge >= 0.3 is 6.03 Å². The molecule has 1 saturated carbocycles. The minimum Gasteiger partial charge on any atom is -0.490 e. The number of carbonyl (C=O) groups excluding carboxylic acids is 2. The maximum absolute atomic E-state index is 14.0. The molecule has 31 heavy (non-hydrogen) atoms. The Morgan fingerprint density at radius 1 is 1.32 bits per heavy atom. The van der Waals surface area contributed by atoms with E-state index in [1.54, 1.807) is 12.1 Å². The molecule has 166 valence electrons. The van der Waals surface area contributed by atoms with Crippen LogP contribution in [0, 0.1) is 11.7 Å². The number of imide groups is 1. The predicted molar refractivity (Wildman–Crippen MR) is 111 cm³/mol. The van der Waals surface area contributed by atoms with Crippen molar-refractivity contribution >= 4 is 17.9 Å². The summed E-state index contributed by atoms with van der Waals surface area (Å²) in [5, 5.41) is 12.5. The van der Waals surface area contributed by atoms with E-state index in [1.165, 1.54) is 23.8 Å². The fraction of sp³-hybridized carbons (Fsp3) is 0.524. The smallest absolute Gasteiger partial charge is 0.331 e. The summed E-state index contributed by atoms with van der Waals surface area (Å²) in [5.41, 5.74) is 0.991. The second-order valence-corrected chi connectivity index (χ2v) is 8.10. The van der Waals surface area contributed by atoms with Crippen molar-refractivity contribution in [1.29, 1.82) is 0 Å². The molecule has 1 saturated heterocycles. The van der Waals surface area contributed by atoms with E-state index in [4.69, 9.17) is 4.74 Å². The van der Waals surface area contributed by atoms with Crippen molar-refractivity contribution in [2.75, 3.05) is 24.6 Å². The molecule has 2 aromatic rings. The molecule has 3 amide bonds. The van der Waals surface area contributed by atoms with Crippen LogP contribution in [0.3, 0.4) is 0 Å². The third-order valence-corrected chi connectivity index (χ3v) is 5.47. The summed E-state index contributed by atoms with van der Waals surface area (Å²) in [6, 6.07) is 4.60. The maximum Gasteiger partial charge on any atom is 0.331 e. The fourth-order valence-electron chi connectivity index (χ4n) is 3.37. The Hall–Kier alpha value is -3.01. The van der Waals surface area contributed by atoms with Gasteiger partial charge in [0.05, 0.1) is 6.61 Å². The fourth-order valence-corrected chi connectivity index (χ4v) is 3.37. The van der Waals surface area contributed by atoms with E-state index >= 15 is 0 Å². The Morgan fingerprint density at radius 2 is 2.16 bits per heavy atom. The lowest BCUT2D eigenvalue weighted by molar-refractivity contribution is -0.117. The molecule has 0 spiro atoms. The number of H-pyrrole nitrogens is 1. The Kier molecular flexibility index (Phi) is 6.45. The predicted octanol–water partition coefficient (Wildman–Crippen LogP) is 2.46. The molecule has 3 N–H and O–H groups in total. The highest BCUT2D eigenvalue weighted by Gasteiger charge is 2.30.